The fraction of sp³-hybridized carbons (Fsp3) is 0.667. The number of nitrogens with two attached hydrogens (primary N) is 1. The van der Waals surface area contributed by atoms with Gasteiger partial charge in [0.25, 0.3) is 0 Å². The van der Waals surface area contributed by atoms with Crippen molar-refractivity contribution in [3.63, 3.8) is 0 Å². The predicted molar refractivity (Wildman–Crippen MR) is 77.2 cm³/mol. The Morgan fingerprint density at radius 3 is 2.74 bits per heavy atom. The quantitative estimate of drug-likeness (QED) is 0.626. The molecule has 110 valence electrons. The van der Waals surface area contributed by atoms with Gasteiger partial charge >= 0.3 is 6.03 Å². The minimum atomic E-state index is -0.485. The zero-order chi connectivity index (χ0) is 13.6. The molecule has 0 aromatic carbocycles. The van der Waals surface area contributed by atoms with E-state index in [0.717, 1.165) is 19.5 Å². The highest BCUT2D eigenvalue weighted by atomic mass is 35.5. The fourth-order valence-electron chi connectivity index (χ4n) is 2.01. The maximum Gasteiger partial charge on any atom is 0.321 e. The Hall–Kier alpha value is -1.11. The van der Waals surface area contributed by atoms with Crippen LogP contribution in [0.25, 0.3) is 0 Å². The second kappa shape index (κ2) is 8.14. The Kier molecular flexibility index (Phi) is 7.66. The number of likely N-dealkylation sites (tertiary alicyclic amines) is 1. The van der Waals surface area contributed by atoms with Crippen LogP contribution in [0.5, 0.6) is 0 Å². The predicted octanol–water partition coefficient (Wildman–Crippen LogP) is 0.0907. The Balaban J connectivity index is 0.00000324. The minimum absolute atomic E-state index is 0. The minimum Gasteiger partial charge on any atom is -0.334 e. The van der Waals surface area contributed by atoms with Gasteiger partial charge in [-0.1, -0.05) is 13.0 Å². The highest BCUT2D eigenvalue weighted by molar-refractivity contribution is 5.95. The number of nitrogens with one attached hydrogen (secondary N) is 2. The third kappa shape index (κ3) is 6.04. The molecule has 1 rings (SSSR count). The first kappa shape index (κ1) is 17.9. The van der Waals surface area contributed by atoms with Crippen LogP contribution in [0.3, 0.4) is 0 Å². The number of imide groups is 1. The molecule has 0 radical (unpaired) electrons. The van der Waals surface area contributed by atoms with Crippen molar-refractivity contribution in [1.82, 2.24) is 15.5 Å². The highest BCUT2D eigenvalue weighted by Gasteiger charge is 2.33. The molecule has 0 aromatic heterocycles. The van der Waals surface area contributed by atoms with E-state index in [-0.39, 0.29) is 30.3 Å². The number of carbonyl (C=O) groups excluding carboxylic acids is 2. The second-order valence-electron chi connectivity index (χ2n) is 5.02. The summed E-state index contributed by atoms with van der Waals surface area (Å²) in [5.41, 5.74) is 5.78. The van der Waals surface area contributed by atoms with Crippen molar-refractivity contribution < 1.29 is 9.59 Å². The van der Waals surface area contributed by atoms with Crippen molar-refractivity contribution in [2.45, 2.75) is 13.3 Å². The summed E-state index contributed by atoms with van der Waals surface area (Å²) in [5, 5.41) is 4.77. The first-order chi connectivity index (χ1) is 8.49. The molecular weight excluding hydrogens is 268 g/mol. The molecule has 3 amide bonds. The van der Waals surface area contributed by atoms with Crippen molar-refractivity contribution in [1.29, 1.82) is 0 Å². The number of halogens is 1. The molecule has 0 bridgehead atoms. The molecule has 19 heavy (non-hydrogen) atoms. The zero-order valence-electron chi connectivity index (χ0n) is 11.3. The van der Waals surface area contributed by atoms with E-state index in [9.17, 15) is 9.59 Å². The largest absolute Gasteiger partial charge is 0.334 e. The van der Waals surface area contributed by atoms with Crippen LogP contribution in [0, 0.1) is 5.41 Å². The number of hydrogen-bond donors (Lipinski definition) is 3. The number of amides is 3. The van der Waals surface area contributed by atoms with Crippen molar-refractivity contribution >= 4 is 24.3 Å². The van der Waals surface area contributed by atoms with E-state index in [0.29, 0.717) is 13.1 Å². The van der Waals surface area contributed by atoms with Crippen molar-refractivity contribution in [3.8, 4) is 0 Å². The van der Waals surface area contributed by atoms with Crippen molar-refractivity contribution in [3.05, 3.63) is 12.7 Å². The average molecular weight is 291 g/mol. The summed E-state index contributed by atoms with van der Waals surface area (Å²) in [7, 11) is 0. The Labute approximate surface area is 120 Å². The lowest BCUT2D eigenvalue weighted by molar-refractivity contribution is -0.121. The number of carbonyl (C=O) groups is 2. The first-order valence-electron chi connectivity index (χ1n) is 6.10. The van der Waals surface area contributed by atoms with E-state index in [1.807, 2.05) is 4.90 Å². The van der Waals surface area contributed by atoms with Crippen molar-refractivity contribution in [2.24, 2.45) is 11.1 Å². The van der Waals surface area contributed by atoms with Crippen LogP contribution < -0.4 is 16.4 Å². The lowest BCUT2D eigenvalue weighted by Gasteiger charge is -2.22. The molecule has 0 saturated carbocycles. The van der Waals surface area contributed by atoms with Gasteiger partial charge in [0.15, 0.2) is 0 Å². The lowest BCUT2D eigenvalue weighted by Crippen LogP contribution is -2.44. The van der Waals surface area contributed by atoms with Crippen LogP contribution in [-0.4, -0.2) is 49.6 Å². The maximum atomic E-state index is 11.6. The third-order valence-corrected chi connectivity index (χ3v) is 3.16. The molecule has 0 spiro atoms. The van der Waals surface area contributed by atoms with Gasteiger partial charge in [-0.25, -0.2) is 4.79 Å². The molecule has 0 aliphatic carbocycles. The first-order valence-corrected chi connectivity index (χ1v) is 6.10. The van der Waals surface area contributed by atoms with Gasteiger partial charge in [-0.3, -0.25) is 15.0 Å². The summed E-state index contributed by atoms with van der Waals surface area (Å²) in [6, 6.07) is -0.485. The molecule has 0 aromatic rings. The normalized spacial score (nSPS) is 22.4. The summed E-state index contributed by atoms with van der Waals surface area (Å²) >= 11 is 0. The van der Waals surface area contributed by atoms with E-state index >= 15 is 0 Å². The topological polar surface area (TPSA) is 87.5 Å². The van der Waals surface area contributed by atoms with E-state index in [4.69, 9.17) is 5.73 Å². The zero-order valence-corrected chi connectivity index (χ0v) is 12.1. The second-order valence-corrected chi connectivity index (χ2v) is 5.02. The van der Waals surface area contributed by atoms with Gasteiger partial charge < -0.3 is 11.1 Å². The van der Waals surface area contributed by atoms with Crippen LogP contribution in [0.15, 0.2) is 12.7 Å². The number of nitrogens with zero attached hydrogens (tertiary/aromatic N) is 1. The van der Waals surface area contributed by atoms with Gasteiger partial charge in [0.2, 0.25) is 5.91 Å². The smallest absolute Gasteiger partial charge is 0.321 e. The standard InChI is InChI=1S/C12H22N4O2.ClH/c1-3-5-14-11(18)15-10(17)7-16-6-4-12(2,8-13)9-16;/h3H,1,4-9,13H2,2H3,(H2,14,15,17,18);1H. The molecule has 1 fully saturated rings. The SMILES string of the molecule is C=CCNC(=O)NC(=O)CN1CCC(C)(CN)C1.Cl. The van der Waals surface area contributed by atoms with Crippen LogP contribution >= 0.6 is 12.4 Å². The summed E-state index contributed by atoms with van der Waals surface area (Å²) in [6.07, 6.45) is 2.54. The number of urea groups is 1. The summed E-state index contributed by atoms with van der Waals surface area (Å²) < 4.78 is 0. The van der Waals surface area contributed by atoms with Crippen LogP contribution in [-0.2, 0) is 4.79 Å². The number of rotatable bonds is 5. The molecule has 1 aliphatic heterocycles. The molecule has 1 heterocycles. The molecule has 4 N–H and O–H groups in total. The Morgan fingerprint density at radius 1 is 1.53 bits per heavy atom. The van der Waals surface area contributed by atoms with Crippen LogP contribution in [0.1, 0.15) is 13.3 Å². The fourth-order valence-corrected chi connectivity index (χ4v) is 2.01. The molecule has 1 aliphatic rings. The van der Waals surface area contributed by atoms with E-state index in [2.05, 4.69) is 24.1 Å². The third-order valence-electron chi connectivity index (χ3n) is 3.16. The highest BCUT2D eigenvalue weighted by Crippen LogP contribution is 2.27. The van der Waals surface area contributed by atoms with E-state index in [1.54, 1.807) is 6.08 Å². The molecular formula is C12H23ClN4O2. The average Bonchev–Trinajstić information content (AvgIpc) is 2.69. The molecule has 7 heteroatoms. The Bertz CT molecular complexity index is 338. The Morgan fingerprint density at radius 2 is 2.21 bits per heavy atom. The van der Waals surface area contributed by atoms with Gasteiger partial charge in [-0.2, -0.15) is 0 Å². The molecule has 6 nitrogen and oxygen atoms in total. The van der Waals surface area contributed by atoms with Gasteiger partial charge in [0, 0.05) is 13.1 Å². The molecule has 1 atom stereocenters. The maximum absolute atomic E-state index is 11.6. The van der Waals surface area contributed by atoms with Gasteiger partial charge in [-0.15, -0.1) is 19.0 Å². The van der Waals surface area contributed by atoms with Crippen LogP contribution in [0.2, 0.25) is 0 Å². The summed E-state index contributed by atoms with van der Waals surface area (Å²) in [5.74, 6) is -0.294. The monoisotopic (exact) mass is 290 g/mol. The van der Waals surface area contributed by atoms with Crippen molar-refractivity contribution in [2.75, 3.05) is 32.7 Å². The van der Waals surface area contributed by atoms with E-state index < -0.39 is 6.03 Å². The summed E-state index contributed by atoms with van der Waals surface area (Å²) in [4.78, 5) is 24.9. The van der Waals surface area contributed by atoms with E-state index in [1.165, 1.54) is 0 Å². The lowest BCUT2D eigenvalue weighted by atomic mass is 9.90. The van der Waals surface area contributed by atoms with Gasteiger partial charge in [0.05, 0.1) is 6.54 Å². The van der Waals surface area contributed by atoms with Crippen LogP contribution in [0.4, 0.5) is 4.79 Å². The number of hydrogen-bond acceptors (Lipinski definition) is 4. The van der Waals surface area contributed by atoms with Gasteiger partial charge in [-0.05, 0) is 24.9 Å². The molecule has 1 unspecified atom stereocenters. The van der Waals surface area contributed by atoms with Gasteiger partial charge in [0.1, 0.15) is 0 Å². The molecule has 1 saturated heterocycles. The summed E-state index contributed by atoms with van der Waals surface area (Å²) in [6.45, 7) is 8.42.